The molecule has 0 radical (unpaired) electrons. The zero-order chi connectivity index (χ0) is 21.2. The molecule has 30 heavy (non-hydrogen) atoms. The van der Waals surface area contributed by atoms with Crippen LogP contribution in [0.4, 0.5) is 0 Å². The quantitative estimate of drug-likeness (QED) is 0.529. The van der Waals surface area contributed by atoms with Crippen molar-refractivity contribution in [3.05, 3.63) is 65.7 Å². The molecule has 2 aromatic carbocycles. The normalized spacial score (nSPS) is 19.5. The summed E-state index contributed by atoms with van der Waals surface area (Å²) in [5, 5.41) is 12.7. The van der Waals surface area contributed by atoms with Crippen LogP contribution < -0.4 is 10.1 Å². The van der Waals surface area contributed by atoms with Gasteiger partial charge in [0.2, 0.25) is 0 Å². The Labute approximate surface area is 180 Å². The molecule has 0 saturated carbocycles. The maximum atomic E-state index is 10.8. The van der Waals surface area contributed by atoms with Gasteiger partial charge in [0.15, 0.2) is 0 Å². The molecule has 162 valence electrons. The van der Waals surface area contributed by atoms with E-state index in [-0.39, 0.29) is 6.42 Å². The summed E-state index contributed by atoms with van der Waals surface area (Å²) in [6.45, 7) is 2.88. The molecule has 1 fully saturated rings. The fraction of sp³-hybridized carbons (Fsp3) is 0.480. The van der Waals surface area contributed by atoms with Crippen LogP contribution in [0.5, 0.6) is 5.75 Å². The van der Waals surface area contributed by atoms with E-state index in [1.54, 1.807) is 7.11 Å². The molecule has 2 aromatic rings. The summed E-state index contributed by atoms with van der Waals surface area (Å²) in [6.07, 6.45) is 5.34. The molecule has 0 aromatic heterocycles. The minimum atomic E-state index is -0.698. The summed E-state index contributed by atoms with van der Waals surface area (Å²) in [4.78, 5) is 13.3. The molecular formula is C25H34N2O3. The number of likely N-dealkylation sites (tertiary alicyclic amines) is 1. The Morgan fingerprint density at radius 3 is 2.63 bits per heavy atom. The first-order chi connectivity index (χ1) is 14.7. The van der Waals surface area contributed by atoms with Gasteiger partial charge in [0, 0.05) is 24.6 Å². The fourth-order valence-corrected chi connectivity index (χ4v) is 4.48. The number of aliphatic carboxylic acids is 1. The molecule has 1 aliphatic rings. The second-order valence-corrected chi connectivity index (χ2v) is 8.04. The highest BCUT2D eigenvalue weighted by molar-refractivity contribution is 5.66. The Bertz CT molecular complexity index is 781. The maximum absolute atomic E-state index is 10.8. The van der Waals surface area contributed by atoms with E-state index in [1.807, 2.05) is 12.1 Å². The van der Waals surface area contributed by atoms with Gasteiger partial charge >= 0.3 is 5.97 Å². The molecule has 0 unspecified atom stereocenters. The SMILES string of the molecule is COc1ccccc1CN[C@@H]1CCCN(CCCCCC(=O)O)[C@@H]1c1ccccc1. The number of unbranched alkanes of at least 4 members (excludes halogenated alkanes) is 2. The summed E-state index contributed by atoms with van der Waals surface area (Å²) in [5.41, 5.74) is 2.53. The highest BCUT2D eigenvalue weighted by Crippen LogP contribution is 2.32. The molecule has 2 N–H and O–H groups in total. The highest BCUT2D eigenvalue weighted by Gasteiger charge is 2.32. The molecule has 2 atom stereocenters. The third-order valence-corrected chi connectivity index (χ3v) is 5.96. The molecule has 1 heterocycles. The zero-order valence-corrected chi connectivity index (χ0v) is 17.9. The second-order valence-electron chi connectivity index (χ2n) is 8.04. The lowest BCUT2D eigenvalue weighted by molar-refractivity contribution is -0.137. The Morgan fingerprint density at radius 2 is 1.87 bits per heavy atom. The van der Waals surface area contributed by atoms with Gasteiger partial charge in [-0.3, -0.25) is 9.69 Å². The number of carbonyl (C=O) groups is 1. The molecular weight excluding hydrogens is 376 g/mol. The number of hydrogen-bond acceptors (Lipinski definition) is 4. The molecule has 5 heteroatoms. The Balaban J connectivity index is 1.67. The number of nitrogens with one attached hydrogen (secondary N) is 1. The van der Waals surface area contributed by atoms with Crippen LogP contribution in [0.3, 0.4) is 0 Å². The largest absolute Gasteiger partial charge is 0.496 e. The third kappa shape index (κ3) is 6.31. The molecule has 1 saturated heterocycles. The van der Waals surface area contributed by atoms with Crippen LogP contribution >= 0.6 is 0 Å². The number of para-hydroxylation sites is 1. The van der Waals surface area contributed by atoms with Gasteiger partial charge in [-0.15, -0.1) is 0 Å². The van der Waals surface area contributed by atoms with E-state index in [2.05, 4.69) is 52.7 Å². The molecule has 0 spiro atoms. The average molecular weight is 411 g/mol. The van der Waals surface area contributed by atoms with Gasteiger partial charge < -0.3 is 15.2 Å². The van der Waals surface area contributed by atoms with Crippen molar-refractivity contribution in [2.24, 2.45) is 0 Å². The van der Waals surface area contributed by atoms with Crippen molar-refractivity contribution in [3.8, 4) is 5.75 Å². The standard InChI is InChI=1S/C25H34N2O3/c1-30-23-15-8-7-13-21(23)19-26-22-14-10-18-27(17-9-3-6-16-24(28)29)25(22)20-11-4-2-5-12-20/h2,4-5,7-8,11-13,15,22,25-26H,3,6,9-10,14,16-19H2,1H3,(H,28,29)/t22-,25-/m1/s1. The number of carboxylic acid groups (broad SMARTS) is 1. The summed E-state index contributed by atoms with van der Waals surface area (Å²) in [7, 11) is 1.72. The lowest BCUT2D eigenvalue weighted by Gasteiger charge is -2.42. The highest BCUT2D eigenvalue weighted by atomic mass is 16.5. The Hall–Kier alpha value is -2.37. The van der Waals surface area contributed by atoms with Crippen LogP contribution in [-0.2, 0) is 11.3 Å². The van der Waals surface area contributed by atoms with Crippen LogP contribution in [0.15, 0.2) is 54.6 Å². The topological polar surface area (TPSA) is 61.8 Å². The van der Waals surface area contributed by atoms with Crippen molar-refractivity contribution in [1.82, 2.24) is 10.2 Å². The van der Waals surface area contributed by atoms with Crippen molar-refractivity contribution in [2.75, 3.05) is 20.2 Å². The van der Waals surface area contributed by atoms with Crippen molar-refractivity contribution >= 4 is 5.97 Å². The lowest BCUT2D eigenvalue weighted by atomic mass is 9.89. The van der Waals surface area contributed by atoms with E-state index in [0.717, 1.165) is 51.1 Å². The molecule has 0 amide bonds. The van der Waals surface area contributed by atoms with Crippen molar-refractivity contribution in [1.29, 1.82) is 0 Å². The summed E-state index contributed by atoms with van der Waals surface area (Å²) in [5.74, 6) is 0.225. The van der Waals surface area contributed by atoms with E-state index in [1.165, 1.54) is 17.5 Å². The fourth-order valence-electron chi connectivity index (χ4n) is 4.48. The predicted molar refractivity (Wildman–Crippen MR) is 120 cm³/mol. The number of rotatable bonds is 11. The van der Waals surface area contributed by atoms with Gasteiger partial charge in [0.25, 0.3) is 0 Å². The van der Waals surface area contributed by atoms with Crippen molar-refractivity contribution in [3.63, 3.8) is 0 Å². The van der Waals surface area contributed by atoms with Gasteiger partial charge in [-0.05, 0) is 50.4 Å². The summed E-state index contributed by atoms with van der Waals surface area (Å²) < 4.78 is 5.52. The first-order valence-corrected chi connectivity index (χ1v) is 11.0. The van der Waals surface area contributed by atoms with Gasteiger partial charge in [0.1, 0.15) is 5.75 Å². The number of ether oxygens (including phenoxy) is 1. The number of methoxy groups -OCH3 is 1. The predicted octanol–water partition coefficient (Wildman–Crippen LogP) is 4.64. The summed E-state index contributed by atoms with van der Waals surface area (Å²) in [6, 6.07) is 19.6. The van der Waals surface area contributed by atoms with Crippen LogP contribution in [0, 0.1) is 0 Å². The first kappa shape index (κ1) is 22.3. The Morgan fingerprint density at radius 1 is 1.10 bits per heavy atom. The van der Waals surface area contributed by atoms with E-state index in [4.69, 9.17) is 9.84 Å². The zero-order valence-electron chi connectivity index (χ0n) is 17.9. The third-order valence-electron chi connectivity index (χ3n) is 5.96. The average Bonchev–Trinajstić information content (AvgIpc) is 2.78. The maximum Gasteiger partial charge on any atom is 0.303 e. The van der Waals surface area contributed by atoms with Gasteiger partial charge in [0.05, 0.1) is 13.2 Å². The number of hydrogen-bond donors (Lipinski definition) is 2. The van der Waals surface area contributed by atoms with Crippen molar-refractivity contribution < 1.29 is 14.6 Å². The lowest BCUT2D eigenvalue weighted by Crippen LogP contribution is -2.48. The van der Waals surface area contributed by atoms with E-state index in [9.17, 15) is 4.79 Å². The summed E-state index contributed by atoms with van der Waals surface area (Å²) >= 11 is 0. The van der Waals surface area contributed by atoms with Gasteiger partial charge in [-0.25, -0.2) is 0 Å². The monoisotopic (exact) mass is 410 g/mol. The van der Waals surface area contributed by atoms with E-state index < -0.39 is 5.97 Å². The van der Waals surface area contributed by atoms with Crippen LogP contribution in [0.2, 0.25) is 0 Å². The molecule has 3 rings (SSSR count). The van der Waals surface area contributed by atoms with Gasteiger partial charge in [-0.2, -0.15) is 0 Å². The second kappa shape index (κ2) is 11.7. The molecule has 0 bridgehead atoms. The van der Waals surface area contributed by atoms with Crippen LogP contribution in [0.25, 0.3) is 0 Å². The van der Waals surface area contributed by atoms with E-state index in [0.29, 0.717) is 12.1 Å². The number of carboxylic acids is 1. The molecule has 1 aliphatic heterocycles. The Kier molecular flexibility index (Phi) is 8.72. The number of piperidine rings is 1. The minimum Gasteiger partial charge on any atom is -0.496 e. The van der Waals surface area contributed by atoms with Crippen LogP contribution in [-0.4, -0.2) is 42.2 Å². The number of benzene rings is 2. The van der Waals surface area contributed by atoms with Crippen molar-refractivity contribution in [2.45, 2.75) is 57.2 Å². The van der Waals surface area contributed by atoms with Crippen LogP contribution in [0.1, 0.15) is 55.7 Å². The van der Waals surface area contributed by atoms with E-state index >= 15 is 0 Å². The van der Waals surface area contributed by atoms with Gasteiger partial charge in [-0.1, -0.05) is 55.0 Å². The molecule has 0 aliphatic carbocycles. The molecule has 5 nitrogen and oxygen atoms in total. The smallest absolute Gasteiger partial charge is 0.303 e. The first-order valence-electron chi connectivity index (χ1n) is 11.0. The minimum absolute atomic E-state index is 0.269. The number of nitrogens with zero attached hydrogens (tertiary/aromatic N) is 1.